The number of nitrogens with zero attached hydrogens (tertiary/aromatic N) is 4. The molecule has 0 aliphatic heterocycles. The van der Waals surface area contributed by atoms with E-state index in [0.29, 0.717) is 0 Å². The second-order valence-corrected chi connectivity index (χ2v) is 6.23. The lowest BCUT2D eigenvalue weighted by Gasteiger charge is -2.30. The normalized spacial score (nSPS) is 13.1. The molecule has 0 amide bonds. The minimum atomic E-state index is 0.0182. The fourth-order valence-corrected chi connectivity index (χ4v) is 3.94. The standard InChI is InChI=1S/C16H20N4OS/c1-4-19(5-2)13(12-9-7-6-8-11(12)3)14-15(21)20-16(22-14)17-10-18-20/h6-10,13,21H,4-5H2,1-3H3. The fraction of sp³-hybridized carbons (Fsp3) is 0.375. The summed E-state index contributed by atoms with van der Waals surface area (Å²) in [6.07, 6.45) is 1.47. The minimum absolute atomic E-state index is 0.0182. The molecule has 0 aliphatic carbocycles. The van der Waals surface area contributed by atoms with Gasteiger partial charge in [0.05, 0.1) is 10.9 Å². The van der Waals surface area contributed by atoms with Gasteiger partial charge in [-0.2, -0.15) is 9.61 Å². The Morgan fingerprint density at radius 2 is 2.00 bits per heavy atom. The Labute approximate surface area is 133 Å². The number of benzene rings is 1. The van der Waals surface area contributed by atoms with Gasteiger partial charge in [-0.15, -0.1) is 0 Å². The second-order valence-electron chi connectivity index (χ2n) is 5.22. The van der Waals surface area contributed by atoms with Gasteiger partial charge in [0.15, 0.2) is 0 Å². The summed E-state index contributed by atoms with van der Waals surface area (Å²) in [6.45, 7) is 8.20. The highest BCUT2D eigenvalue weighted by atomic mass is 32.1. The van der Waals surface area contributed by atoms with Crippen molar-refractivity contribution in [3.05, 3.63) is 46.6 Å². The molecular formula is C16H20N4OS. The fourth-order valence-electron chi connectivity index (χ4n) is 2.86. The van der Waals surface area contributed by atoms with Crippen LogP contribution in [0.3, 0.4) is 0 Å². The maximum atomic E-state index is 10.6. The van der Waals surface area contributed by atoms with Gasteiger partial charge in [-0.05, 0) is 31.1 Å². The van der Waals surface area contributed by atoms with Crippen LogP contribution in [0, 0.1) is 6.92 Å². The monoisotopic (exact) mass is 316 g/mol. The topological polar surface area (TPSA) is 53.7 Å². The average molecular weight is 316 g/mol. The lowest BCUT2D eigenvalue weighted by Crippen LogP contribution is -2.29. The maximum absolute atomic E-state index is 10.6. The van der Waals surface area contributed by atoms with E-state index in [1.165, 1.54) is 33.3 Å². The second kappa shape index (κ2) is 6.06. The van der Waals surface area contributed by atoms with Crippen molar-refractivity contribution in [2.75, 3.05) is 13.1 Å². The van der Waals surface area contributed by atoms with Crippen molar-refractivity contribution < 1.29 is 5.11 Å². The van der Waals surface area contributed by atoms with Crippen molar-refractivity contribution in [1.29, 1.82) is 0 Å². The Bertz CT molecular complexity index is 775. The van der Waals surface area contributed by atoms with E-state index < -0.39 is 0 Å². The van der Waals surface area contributed by atoms with Crippen LogP contribution in [0.25, 0.3) is 4.96 Å². The molecule has 0 saturated carbocycles. The van der Waals surface area contributed by atoms with Crippen LogP contribution in [0.4, 0.5) is 0 Å². The van der Waals surface area contributed by atoms with E-state index in [1.54, 1.807) is 0 Å². The smallest absolute Gasteiger partial charge is 0.230 e. The van der Waals surface area contributed by atoms with Crippen molar-refractivity contribution in [2.24, 2.45) is 0 Å². The summed E-state index contributed by atoms with van der Waals surface area (Å²) in [4.78, 5) is 8.16. The molecule has 116 valence electrons. The number of hydrogen-bond donors (Lipinski definition) is 1. The third-order valence-corrected chi connectivity index (χ3v) is 5.13. The first-order valence-corrected chi connectivity index (χ1v) is 8.30. The Morgan fingerprint density at radius 3 is 2.64 bits per heavy atom. The van der Waals surface area contributed by atoms with E-state index in [-0.39, 0.29) is 11.9 Å². The third-order valence-electron chi connectivity index (χ3n) is 4.05. The highest BCUT2D eigenvalue weighted by Crippen LogP contribution is 2.40. The van der Waals surface area contributed by atoms with Gasteiger partial charge < -0.3 is 5.11 Å². The van der Waals surface area contributed by atoms with Crippen molar-refractivity contribution in [3.63, 3.8) is 0 Å². The van der Waals surface area contributed by atoms with Crippen LogP contribution < -0.4 is 0 Å². The molecule has 1 N–H and O–H groups in total. The molecule has 22 heavy (non-hydrogen) atoms. The molecule has 1 aromatic carbocycles. The molecule has 0 saturated heterocycles. The number of thiazole rings is 1. The van der Waals surface area contributed by atoms with E-state index >= 15 is 0 Å². The van der Waals surface area contributed by atoms with Crippen molar-refractivity contribution >= 4 is 16.3 Å². The average Bonchev–Trinajstić information content (AvgIpc) is 3.09. The van der Waals surface area contributed by atoms with Gasteiger partial charge in [-0.25, -0.2) is 4.98 Å². The van der Waals surface area contributed by atoms with Gasteiger partial charge >= 0.3 is 0 Å². The third kappa shape index (κ3) is 2.38. The molecule has 5 nitrogen and oxygen atoms in total. The van der Waals surface area contributed by atoms with Crippen LogP contribution in [0.15, 0.2) is 30.6 Å². The van der Waals surface area contributed by atoms with Crippen LogP contribution in [0.2, 0.25) is 0 Å². The first-order valence-electron chi connectivity index (χ1n) is 7.48. The first kappa shape index (κ1) is 15.0. The zero-order chi connectivity index (χ0) is 15.7. The van der Waals surface area contributed by atoms with Gasteiger partial charge in [-0.3, -0.25) is 4.90 Å². The summed E-state index contributed by atoms with van der Waals surface area (Å²) in [5.74, 6) is 0.192. The summed E-state index contributed by atoms with van der Waals surface area (Å²) in [5, 5.41) is 14.7. The van der Waals surface area contributed by atoms with E-state index in [4.69, 9.17) is 0 Å². The van der Waals surface area contributed by atoms with Gasteiger partial charge in [0, 0.05) is 0 Å². The van der Waals surface area contributed by atoms with Gasteiger partial charge in [0.2, 0.25) is 10.8 Å². The van der Waals surface area contributed by atoms with E-state index in [0.717, 1.165) is 22.9 Å². The number of fused-ring (bicyclic) bond motifs is 1. The van der Waals surface area contributed by atoms with Crippen LogP contribution in [-0.2, 0) is 0 Å². The van der Waals surface area contributed by atoms with Crippen LogP contribution >= 0.6 is 11.3 Å². The Balaban J connectivity index is 2.19. The lowest BCUT2D eigenvalue weighted by atomic mass is 9.98. The molecule has 0 bridgehead atoms. The number of aromatic hydroxyl groups is 1. The van der Waals surface area contributed by atoms with Crippen molar-refractivity contribution in [2.45, 2.75) is 26.8 Å². The maximum Gasteiger partial charge on any atom is 0.230 e. The molecule has 0 aliphatic rings. The van der Waals surface area contributed by atoms with Crippen LogP contribution in [0.5, 0.6) is 5.88 Å². The lowest BCUT2D eigenvalue weighted by molar-refractivity contribution is 0.247. The summed E-state index contributed by atoms with van der Waals surface area (Å²) in [7, 11) is 0. The molecule has 6 heteroatoms. The summed E-state index contributed by atoms with van der Waals surface area (Å²) in [6, 6.07) is 8.35. The van der Waals surface area contributed by atoms with Crippen LogP contribution in [0.1, 0.15) is 35.9 Å². The molecule has 3 aromatic rings. The highest BCUT2D eigenvalue weighted by Gasteiger charge is 2.28. The predicted octanol–water partition coefficient (Wildman–Crippen LogP) is 3.24. The number of aromatic nitrogens is 3. The zero-order valence-corrected chi connectivity index (χ0v) is 13.8. The Morgan fingerprint density at radius 1 is 1.27 bits per heavy atom. The quantitative estimate of drug-likeness (QED) is 0.785. The molecule has 1 unspecified atom stereocenters. The molecule has 2 aromatic heterocycles. The predicted molar refractivity (Wildman–Crippen MR) is 88.5 cm³/mol. The van der Waals surface area contributed by atoms with Crippen LogP contribution in [-0.4, -0.2) is 37.7 Å². The van der Waals surface area contributed by atoms with E-state index in [9.17, 15) is 5.11 Å². The molecule has 0 fully saturated rings. The van der Waals surface area contributed by atoms with Gasteiger partial charge in [0.25, 0.3) is 0 Å². The van der Waals surface area contributed by atoms with Gasteiger partial charge in [0.1, 0.15) is 6.33 Å². The van der Waals surface area contributed by atoms with E-state index in [1.807, 2.05) is 12.1 Å². The molecule has 0 radical (unpaired) electrons. The number of hydrogen-bond acceptors (Lipinski definition) is 5. The summed E-state index contributed by atoms with van der Waals surface area (Å²) in [5.41, 5.74) is 2.43. The summed E-state index contributed by atoms with van der Waals surface area (Å²) < 4.78 is 1.51. The van der Waals surface area contributed by atoms with E-state index in [2.05, 4.69) is 47.9 Å². The molecule has 2 heterocycles. The van der Waals surface area contributed by atoms with Crippen molar-refractivity contribution in [3.8, 4) is 5.88 Å². The molecule has 1 atom stereocenters. The summed E-state index contributed by atoms with van der Waals surface area (Å²) >= 11 is 1.50. The Kier molecular flexibility index (Phi) is 4.13. The zero-order valence-electron chi connectivity index (χ0n) is 13.0. The Hall–Kier alpha value is -1.92. The number of aryl methyl sites for hydroxylation is 1. The SMILES string of the molecule is CCN(CC)C(c1ccccc1C)c1sc2ncnn2c1O. The number of rotatable bonds is 5. The molecule has 0 spiro atoms. The molecular weight excluding hydrogens is 296 g/mol. The largest absolute Gasteiger partial charge is 0.492 e. The molecule has 3 rings (SSSR count). The highest BCUT2D eigenvalue weighted by molar-refractivity contribution is 7.17. The van der Waals surface area contributed by atoms with Crippen molar-refractivity contribution in [1.82, 2.24) is 19.5 Å². The minimum Gasteiger partial charge on any atom is -0.492 e. The first-order chi connectivity index (χ1) is 10.7. The van der Waals surface area contributed by atoms with Gasteiger partial charge in [-0.1, -0.05) is 49.4 Å².